The zero-order valence-electron chi connectivity index (χ0n) is 28.2. The maximum Gasteiger partial charge on any atom is 0.272 e. The quantitative estimate of drug-likeness (QED) is 0.113. The number of fused-ring (bicyclic) bond motifs is 1. The fourth-order valence-electron chi connectivity index (χ4n) is 5.14. The van der Waals surface area contributed by atoms with E-state index >= 15 is 0 Å². The summed E-state index contributed by atoms with van der Waals surface area (Å²) >= 11 is 0. The van der Waals surface area contributed by atoms with Gasteiger partial charge in [0, 0.05) is 24.8 Å². The molecular formula is C36H47N5O4Si. The summed E-state index contributed by atoms with van der Waals surface area (Å²) in [5.41, 5.74) is 5.94. The van der Waals surface area contributed by atoms with Crippen molar-refractivity contribution in [2.45, 2.75) is 71.8 Å². The molecule has 5 rings (SSSR count). The molecule has 0 atom stereocenters. The monoisotopic (exact) mass is 641 g/mol. The first-order valence-electron chi connectivity index (χ1n) is 16.1. The van der Waals surface area contributed by atoms with E-state index in [0.29, 0.717) is 69.1 Å². The van der Waals surface area contributed by atoms with Crippen molar-refractivity contribution in [3.63, 3.8) is 0 Å². The first-order chi connectivity index (χ1) is 21.9. The minimum absolute atomic E-state index is 0.0691. The molecule has 1 amide bonds. The Morgan fingerprint density at radius 1 is 0.935 bits per heavy atom. The van der Waals surface area contributed by atoms with Crippen molar-refractivity contribution in [2.75, 3.05) is 32.9 Å². The Balaban J connectivity index is 1.28. The molecule has 4 aromatic rings. The molecule has 0 spiro atoms. The van der Waals surface area contributed by atoms with Crippen molar-refractivity contribution < 1.29 is 18.7 Å². The normalized spacial score (nSPS) is 13.7. The largest absolute Gasteiger partial charge is 0.489 e. The van der Waals surface area contributed by atoms with Crippen LogP contribution in [0, 0.1) is 0 Å². The van der Waals surface area contributed by atoms with Gasteiger partial charge in [0.1, 0.15) is 30.1 Å². The first kappa shape index (κ1) is 33.5. The van der Waals surface area contributed by atoms with Crippen molar-refractivity contribution in [3.8, 4) is 28.3 Å². The second kappa shape index (κ2) is 14.3. The number of hydrogen-bond acceptors (Lipinski definition) is 7. The van der Waals surface area contributed by atoms with Gasteiger partial charge in [0.05, 0.1) is 32.1 Å². The Morgan fingerprint density at radius 3 is 2.33 bits per heavy atom. The number of ether oxygens (including phenoxy) is 2. The van der Waals surface area contributed by atoms with E-state index < -0.39 is 8.32 Å². The van der Waals surface area contributed by atoms with Gasteiger partial charge in [-0.05, 0) is 58.9 Å². The molecule has 1 aliphatic rings. The molecule has 46 heavy (non-hydrogen) atoms. The van der Waals surface area contributed by atoms with Crippen LogP contribution < -0.4 is 4.74 Å². The molecule has 0 radical (unpaired) electrons. The highest BCUT2D eigenvalue weighted by molar-refractivity contribution is 6.74. The minimum atomic E-state index is -1.81. The third kappa shape index (κ3) is 7.74. The van der Waals surface area contributed by atoms with Crippen LogP contribution in [0.25, 0.3) is 22.5 Å². The zero-order chi connectivity index (χ0) is 32.9. The maximum absolute atomic E-state index is 13.9. The van der Waals surface area contributed by atoms with Gasteiger partial charge in [-0.25, -0.2) is 9.97 Å². The standard InChI is InChI=1S/C36H47N5O4Si/c1-26(2)28-10-8-27(9-11-28)24-44-30-14-12-29(13-15-30)32-33(31-16-17-37-25-38-31)39-41-19-18-40(35(42)34(32)41)20-21-43-22-23-45-46(6,7)36(3,4)5/h8-17,25-26H,18-24H2,1-7H3. The lowest BCUT2D eigenvalue weighted by Crippen LogP contribution is -2.43. The van der Waals surface area contributed by atoms with Crippen LogP contribution in [-0.2, 0) is 22.3 Å². The van der Waals surface area contributed by atoms with E-state index in [2.05, 4.69) is 81.9 Å². The van der Waals surface area contributed by atoms with Crippen LogP contribution in [-0.4, -0.2) is 71.8 Å². The lowest BCUT2D eigenvalue weighted by Gasteiger charge is -2.36. The fraction of sp³-hybridized carbons (Fsp3) is 0.444. The van der Waals surface area contributed by atoms with Gasteiger partial charge in [0.15, 0.2) is 8.32 Å². The van der Waals surface area contributed by atoms with Crippen LogP contribution in [0.4, 0.5) is 0 Å². The van der Waals surface area contributed by atoms with Gasteiger partial charge in [-0.1, -0.05) is 71.0 Å². The minimum Gasteiger partial charge on any atom is -0.489 e. The highest BCUT2D eigenvalue weighted by atomic mass is 28.4. The highest BCUT2D eigenvalue weighted by Crippen LogP contribution is 2.37. The maximum atomic E-state index is 13.9. The molecule has 1 aliphatic heterocycles. The number of aromatic nitrogens is 4. The van der Waals surface area contributed by atoms with Crippen LogP contribution in [0.5, 0.6) is 5.75 Å². The summed E-state index contributed by atoms with van der Waals surface area (Å²) in [6.07, 6.45) is 3.19. The topological polar surface area (TPSA) is 91.6 Å². The van der Waals surface area contributed by atoms with E-state index in [1.54, 1.807) is 6.20 Å². The van der Waals surface area contributed by atoms with E-state index in [4.69, 9.17) is 19.0 Å². The molecule has 0 fully saturated rings. The summed E-state index contributed by atoms with van der Waals surface area (Å²) in [6, 6.07) is 18.2. The summed E-state index contributed by atoms with van der Waals surface area (Å²) in [4.78, 5) is 24.3. The Bertz CT molecular complexity index is 1600. The molecular weight excluding hydrogens is 595 g/mol. The van der Waals surface area contributed by atoms with Gasteiger partial charge in [-0.2, -0.15) is 5.10 Å². The Hall–Kier alpha value is -3.86. The first-order valence-corrected chi connectivity index (χ1v) is 19.1. The third-order valence-electron chi connectivity index (χ3n) is 9.05. The molecule has 2 aromatic carbocycles. The van der Waals surface area contributed by atoms with Crippen molar-refractivity contribution in [1.82, 2.24) is 24.6 Å². The number of nitrogens with zero attached hydrogens (tertiary/aromatic N) is 5. The van der Waals surface area contributed by atoms with Gasteiger partial charge in [0.2, 0.25) is 0 Å². The number of rotatable bonds is 13. The van der Waals surface area contributed by atoms with E-state index in [1.165, 1.54) is 11.9 Å². The van der Waals surface area contributed by atoms with E-state index in [1.807, 2.05) is 39.9 Å². The smallest absolute Gasteiger partial charge is 0.272 e. The predicted octanol–water partition coefficient (Wildman–Crippen LogP) is 7.20. The van der Waals surface area contributed by atoms with Crippen LogP contribution >= 0.6 is 0 Å². The van der Waals surface area contributed by atoms with Gasteiger partial charge in [0.25, 0.3) is 5.91 Å². The van der Waals surface area contributed by atoms with Crippen molar-refractivity contribution >= 4 is 14.2 Å². The summed E-state index contributed by atoms with van der Waals surface area (Å²) in [7, 11) is -1.81. The van der Waals surface area contributed by atoms with Crippen LogP contribution in [0.3, 0.4) is 0 Å². The number of carbonyl (C=O) groups is 1. The van der Waals surface area contributed by atoms with Gasteiger partial charge >= 0.3 is 0 Å². The second-order valence-corrected chi connectivity index (χ2v) is 18.4. The van der Waals surface area contributed by atoms with Crippen molar-refractivity contribution in [1.29, 1.82) is 0 Å². The van der Waals surface area contributed by atoms with Crippen molar-refractivity contribution in [3.05, 3.63) is 83.9 Å². The lowest BCUT2D eigenvalue weighted by molar-refractivity contribution is 0.0525. The van der Waals surface area contributed by atoms with Gasteiger partial charge in [-0.3, -0.25) is 9.48 Å². The number of hydrogen-bond donors (Lipinski definition) is 0. The molecule has 0 aliphatic carbocycles. The summed E-state index contributed by atoms with van der Waals surface area (Å²) in [5, 5.41) is 5.03. The van der Waals surface area contributed by atoms with E-state index in [0.717, 1.165) is 22.4 Å². The molecule has 0 saturated carbocycles. The Kier molecular flexibility index (Phi) is 10.4. The van der Waals surface area contributed by atoms with Crippen molar-refractivity contribution in [2.24, 2.45) is 0 Å². The lowest BCUT2D eigenvalue weighted by atomic mass is 9.99. The van der Waals surface area contributed by atoms with Gasteiger partial charge in [-0.15, -0.1) is 0 Å². The molecule has 0 N–H and O–H groups in total. The number of carbonyl (C=O) groups excluding carboxylic acids is 1. The molecule has 9 nitrogen and oxygen atoms in total. The zero-order valence-corrected chi connectivity index (χ0v) is 29.2. The molecule has 0 unspecified atom stereocenters. The van der Waals surface area contributed by atoms with E-state index in [9.17, 15) is 4.79 Å². The summed E-state index contributed by atoms with van der Waals surface area (Å²) in [5.74, 6) is 1.18. The number of amides is 1. The van der Waals surface area contributed by atoms with E-state index in [-0.39, 0.29) is 10.9 Å². The average molecular weight is 642 g/mol. The molecule has 244 valence electrons. The molecule has 0 saturated heterocycles. The summed E-state index contributed by atoms with van der Waals surface area (Å²) in [6.45, 7) is 19.2. The van der Waals surface area contributed by atoms with Gasteiger partial charge < -0.3 is 18.8 Å². The highest BCUT2D eigenvalue weighted by Gasteiger charge is 2.37. The van der Waals surface area contributed by atoms with Crippen LogP contribution in [0.1, 0.15) is 62.2 Å². The van der Waals surface area contributed by atoms with Crippen LogP contribution in [0.15, 0.2) is 67.1 Å². The average Bonchev–Trinajstić information content (AvgIpc) is 3.43. The molecule has 10 heteroatoms. The van der Waals surface area contributed by atoms with Crippen LogP contribution in [0.2, 0.25) is 18.1 Å². The molecule has 3 heterocycles. The summed E-state index contributed by atoms with van der Waals surface area (Å²) < 4.78 is 20.0. The Morgan fingerprint density at radius 2 is 1.67 bits per heavy atom. The Labute approximate surface area is 274 Å². The molecule has 2 aromatic heterocycles. The second-order valence-electron chi connectivity index (χ2n) is 13.6. The number of benzene rings is 2. The predicted molar refractivity (Wildman–Crippen MR) is 183 cm³/mol. The molecule has 0 bridgehead atoms. The SMILES string of the molecule is CC(C)c1ccc(COc2ccc(-c3c(-c4ccncn4)nn4c3C(=O)N(CCOCCO[Si](C)(C)C(C)(C)C)CC4)cc2)cc1. The third-order valence-corrected chi connectivity index (χ3v) is 13.6. The fourth-order valence-corrected chi connectivity index (χ4v) is 6.16.